The van der Waals surface area contributed by atoms with Crippen molar-refractivity contribution in [2.45, 2.75) is 13.8 Å². The molecule has 0 aliphatic carbocycles. The Morgan fingerprint density at radius 3 is 2.58 bits per heavy atom. The maximum atomic E-state index is 11.9. The zero-order valence-electron chi connectivity index (χ0n) is 13.4. The van der Waals surface area contributed by atoms with Crippen LogP contribution in [0.2, 0.25) is 0 Å². The molecule has 126 valence electrons. The maximum absolute atomic E-state index is 11.9. The lowest BCUT2D eigenvalue weighted by Gasteiger charge is -2.11. The van der Waals surface area contributed by atoms with Crippen molar-refractivity contribution in [3.05, 3.63) is 51.7 Å². The predicted octanol–water partition coefficient (Wildman–Crippen LogP) is 2.28. The average molecular weight is 346 g/mol. The first-order valence-electron chi connectivity index (χ1n) is 7.31. The van der Waals surface area contributed by atoms with E-state index in [-0.39, 0.29) is 12.5 Å². The van der Waals surface area contributed by atoms with Crippen molar-refractivity contribution in [3.63, 3.8) is 0 Å². The van der Waals surface area contributed by atoms with E-state index in [4.69, 9.17) is 4.74 Å². The summed E-state index contributed by atoms with van der Waals surface area (Å²) >= 11 is 1.23. The number of esters is 1. The van der Waals surface area contributed by atoms with E-state index in [0.29, 0.717) is 10.6 Å². The molecular formula is C17H18N2O4S. The molecule has 2 rings (SSSR count). The SMILES string of the molecule is Cc1cccc(NC(=O)CNC(=O)COC(=O)c2cccs2)c1C. The minimum absolute atomic E-state index is 0.192. The minimum atomic E-state index is -0.556. The molecule has 1 aromatic heterocycles. The lowest BCUT2D eigenvalue weighted by Crippen LogP contribution is -2.35. The van der Waals surface area contributed by atoms with Crippen molar-refractivity contribution in [3.8, 4) is 0 Å². The molecule has 0 aliphatic heterocycles. The molecule has 0 aliphatic rings. The fourth-order valence-electron chi connectivity index (χ4n) is 1.91. The van der Waals surface area contributed by atoms with Crippen molar-refractivity contribution >= 4 is 34.8 Å². The molecule has 0 bridgehead atoms. The van der Waals surface area contributed by atoms with Gasteiger partial charge in [0.25, 0.3) is 5.91 Å². The number of carbonyl (C=O) groups excluding carboxylic acids is 3. The van der Waals surface area contributed by atoms with Crippen LogP contribution in [0.4, 0.5) is 5.69 Å². The van der Waals surface area contributed by atoms with Gasteiger partial charge in [0.15, 0.2) is 6.61 Å². The number of amides is 2. The van der Waals surface area contributed by atoms with Gasteiger partial charge in [0.1, 0.15) is 4.88 Å². The molecule has 7 heteroatoms. The van der Waals surface area contributed by atoms with Gasteiger partial charge in [-0.15, -0.1) is 11.3 Å². The Balaban J connectivity index is 1.74. The van der Waals surface area contributed by atoms with E-state index in [9.17, 15) is 14.4 Å². The fourth-order valence-corrected chi connectivity index (χ4v) is 2.52. The molecule has 1 aromatic carbocycles. The van der Waals surface area contributed by atoms with Gasteiger partial charge in [-0.05, 0) is 42.5 Å². The molecule has 24 heavy (non-hydrogen) atoms. The quantitative estimate of drug-likeness (QED) is 0.786. The second-order valence-electron chi connectivity index (χ2n) is 5.13. The van der Waals surface area contributed by atoms with E-state index in [1.165, 1.54) is 11.3 Å². The van der Waals surface area contributed by atoms with Crippen LogP contribution in [0, 0.1) is 13.8 Å². The van der Waals surface area contributed by atoms with Crippen molar-refractivity contribution in [1.29, 1.82) is 0 Å². The predicted molar refractivity (Wildman–Crippen MR) is 92.2 cm³/mol. The molecule has 0 fully saturated rings. The first-order valence-corrected chi connectivity index (χ1v) is 8.18. The van der Waals surface area contributed by atoms with Gasteiger partial charge in [-0.25, -0.2) is 4.79 Å². The van der Waals surface area contributed by atoms with E-state index in [2.05, 4.69) is 10.6 Å². The van der Waals surface area contributed by atoms with Gasteiger partial charge in [-0.3, -0.25) is 9.59 Å². The molecule has 0 saturated heterocycles. The summed E-state index contributed by atoms with van der Waals surface area (Å²) in [5, 5.41) is 6.89. The van der Waals surface area contributed by atoms with Crippen molar-refractivity contribution in [2.24, 2.45) is 0 Å². The first-order chi connectivity index (χ1) is 11.5. The second-order valence-corrected chi connectivity index (χ2v) is 6.07. The summed E-state index contributed by atoms with van der Waals surface area (Å²) in [6.45, 7) is 3.25. The third kappa shape index (κ3) is 4.92. The van der Waals surface area contributed by atoms with Gasteiger partial charge in [0, 0.05) is 5.69 Å². The number of aryl methyl sites for hydroxylation is 1. The number of hydrogen-bond acceptors (Lipinski definition) is 5. The van der Waals surface area contributed by atoms with Crippen molar-refractivity contribution in [2.75, 3.05) is 18.5 Å². The number of anilines is 1. The van der Waals surface area contributed by atoms with Crippen LogP contribution in [0.3, 0.4) is 0 Å². The normalized spacial score (nSPS) is 10.1. The van der Waals surface area contributed by atoms with Gasteiger partial charge >= 0.3 is 5.97 Å². The first kappa shape index (κ1) is 17.7. The molecular weight excluding hydrogens is 328 g/mol. The Hall–Kier alpha value is -2.67. The molecule has 6 nitrogen and oxygen atoms in total. The Labute approximate surface area is 143 Å². The Morgan fingerprint density at radius 1 is 1.08 bits per heavy atom. The fraction of sp³-hybridized carbons (Fsp3) is 0.235. The number of hydrogen-bond donors (Lipinski definition) is 2. The van der Waals surface area contributed by atoms with Crippen LogP contribution in [0.5, 0.6) is 0 Å². The minimum Gasteiger partial charge on any atom is -0.451 e. The summed E-state index contributed by atoms with van der Waals surface area (Å²) in [4.78, 5) is 35.5. The largest absolute Gasteiger partial charge is 0.451 e. The number of ether oxygens (including phenoxy) is 1. The maximum Gasteiger partial charge on any atom is 0.348 e. The molecule has 0 unspecified atom stereocenters. The molecule has 0 spiro atoms. The van der Waals surface area contributed by atoms with Crippen LogP contribution in [0.1, 0.15) is 20.8 Å². The van der Waals surface area contributed by atoms with E-state index in [0.717, 1.165) is 11.1 Å². The summed E-state index contributed by atoms with van der Waals surface area (Å²) in [7, 11) is 0. The molecule has 2 N–H and O–H groups in total. The van der Waals surface area contributed by atoms with Gasteiger partial charge in [-0.1, -0.05) is 18.2 Å². The number of carbonyl (C=O) groups is 3. The van der Waals surface area contributed by atoms with Gasteiger partial charge < -0.3 is 15.4 Å². The highest BCUT2D eigenvalue weighted by Gasteiger charge is 2.12. The van der Waals surface area contributed by atoms with E-state index in [1.54, 1.807) is 23.6 Å². The summed E-state index contributed by atoms with van der Waals surface area (Å²) in [6.07, 6.45) is 0. The number of thiophene rings is 1. The second kappa shape index (κ2) is 8.26. The van der Waals surface area contributed by atoms with Crippen LogP contribution < -0.4 is 10.6 Å². The standard InChI is InChI=1S/C17H18N2O4S/c1-11-5-3-6-13(12(11)2)19-15(20)9-18-16(21)10-23-17(22)14-7-4-8-24-14/h3-8H,9-10H2,1-2H3,(H,18,21)(H,19,20). The van der Waals surface area contributed by atoms with Gasteiger partial charge in [-0.2, -0.15) is 0 Å². The van der Waals surface area contributed by atoms with Crippen LogP contribution in [-0.2, 0) is 14.3 Å². The highest BCUT2D eigenvalue weighted by Crippen LogP contribution is 2.17. The van der Waals surface area contributed by atoms with Gasteiger partial charge in [0.2, 0.25) is 5.91 Å². The van der Waals surface area contributed by atoms with Crippen LogP contribution in [0.25, 0.3) is 0 Å². The Morgan fingerprint density at radius 2 is 1.88 bits per heavy atom. The molecule has 0 atom stereocenters. The Kier molecular flexibility index (Phi) is 6.08. The van der Waals surface area contributed by atoms with Crippen molar-refractivity contribution < 1.29 is 19.1 Å². The summed E-state index contributed by atoms with van der Waals surface area (Å²) in [5.41, 5.74) is 2.75. The zero-order chi connectivity index (χ0) is 17.5. The van der Waals surface area contributed by atoms with Crippen molar-refractivity contribution in [1.82, 2.24) is 5.32 Å². The zero-order valence-corrected chi connectivity index (χ0v) is 14.2. The number of nitrogens with one attached hydrogen (secondary N) is 2. The van der Waals surface area contributed by atoms with E-state index in [1.807, 2.05) is 26.0 Å². The molecule has 2 aromatic rings. The average Bonchev–Trinajstić information content (AvgIpc) is 3.09. The lowest BCUT2D eigenvalue weighted by atomic mass is 10.1. The van der Waals surface area contributed by atoms with Crippen LogP contribution in [0.15, 0.2) is 35.7 Å². The summed E-state index contributed by atoms with van der Waals surface area (Å²) < 4.78 is 4.86. The summed E-state index contributed by atoms with van der Waals surface area (Å²) in [6, 6.07) is 8.93. The molecule has 0 radical (unpaired) electrons. The number of benzene rings is 1. The van der Waals surface area contributed by atoms with Crippen LogP contribution >= 0.6 is 11.3 Å². The highest BCUT2D eigenvalue weighted by molar-refractivity contribution is 7.11. The monoisotopic (exact) mass is 346 g/mol. The third-order valence-electron chi connectivity index (χ3n) is 3.38. The lowest BCUT2D eigenvalue weighted by molar-refractivity contribution is -0.126. The topological polar surface area (TPSA) is 84.5 Å². The van der Waals surface area contributed by atoms with Crippen LogP contribution in [-0.4, -0.2) is 30.9 Å². The summed E-state index contributed by atoms with van der Waals surface area (Å²) in [5.74, 6) is -1.43. The smallest absolute Gasteiger partial charge is 0.348 e. The van der Waals surface area contributed by atoms with E-state index >= 15 is 0 Å². The van der Waals surface area contributed by atoms with Gasteiger partial charge in [0.05, 0.1) is 6.54 Å². The molecule has 0 saturated carbocycles. The molecule has 2 amide bonds. The number of rotatable bonds is 6. The molecule has 1 heterocycles. The third-order valence-corrected chi connectivity index (χ3v) is 4.23. The Bertz CT molecular complexity index is 741. The van der Waals surface area contributed by atoms with E-state index < -0.39 is 18.5 Å². The highest BCUT2D eigenvalue weighted by atomic mass is 32.1.